The lowest BCUT2D eigenvalue weighted by atomic mass is 9.67. The van der Waals surface area contributed by atoms with E-state index in [9.17, 15) is 4.39 Å². The van der Waals surface area contributed by atoms with Crippen LogP contribution in [0.4, 0.5) is 4.39 Å². The van der Waals surface area contributed by atoms with Gasteiger partial charge in [0.2, 0.25) is 0 Å². The Kier molecular flexibility index (Phi) is 8.83. The maximum absolute atomic E-state index is 12.9. The average molecular weight is 435 g/mol. The topological polar surface area (TPSA) is 45.7 Å². The lowest BCUT2D eigenvalue weighted by Gasteiger charge is -2.42. The number of nitrogens with zero attached hydrogens (tertiary/aromatic N) is 1. The van der Waals surface area contributed by atoms with Crippen LogP contribution in [0.1, 0.15) is 31.2 Å². The molecule has 1 fully saturated rings. The van der Waals surface area contributed by atoms with Crippen molar-refractivity contribution < 1.29 is 9.13 Å². The van der Waals surface area contributed by atoms with Gasteiger partial charge in [-0.05, 0) is 42.4 Å². The van der Waals surface area contributed by atoms with Crippen molar-refractivity contribution in [1.82, 2.24) is 10.6 Å². The van der Waals surface area contributed by atoms with Crippen molar-refractivity contribution in [2.24, 2.45) is 10.4 Å². The van der Waals surface area contributed by atoms with Gasteiger partial charge in [-0.3, -0.25) is 4.99 Å². The quantitative estimate of drug-likeness (QED) is 0.393. The molecule has 0 unspecified atom stereocenters. The highest BCUT2D eigenvalue weighted by atomic mass is 127. The second kappa shape index (κ2) is 10.1. The van der Waals surface area contributed by atoms with Gasteiger partial charge in [-0.25, -0.2) is 4.39 Å². The van der Waals surface area contributed by atoms with Crippen LogP contribution in [0.15, 0.2) is 29.3 Å². The Morgan fingerprint density at radius 1 is 1.26 bits per heavy atom. The van der Waals surface area contributed by atoms with Crippen LogP contribution < -0.4 is 10.6 Å². The molecule has 130 valence electrons. The second-order valence-electron chi connectivity index (χ2n) is 6.00. The number of nitrogens with one attached hydrogen (secondary N) is 2. The molecular formula is C17H27FIN3O. The minimum Gasteiger partial charge on any atom is -0.385 e. The first kappa shape index (κ1) is 20.2. The minimum atomic E-state index is -0.212. The molecule has 0 saturated heterocycles. The zero-order valence-corrected chi connectivity index (χ0v) is 16.2. The average Bonchev–Trinajstić information content (AvgIpc) is 2.50. The molecule has 1 aromatic rings. The summed E-state index contributed by atoms with van der Waals surface area (Å²) in [4.78, 5) is 4.25. The van der Waals surface area contributed by atoms with Crippen molar-refractivity contribution in [3.8, 4) is 0 Å². The SMILES string of the molecule is CN=C(NCc1ccc(F)cc1)NCC1(CCOC)CCC1.I. The zero-order valence-electron chi connectivity index (χ0n) is 13.9. The molecule has 0 amide bonds. The molecule has 1 aliphatic carbocycles. The van der Waals surface area contributed by atoms with Crippen molar-refractivity contribution >= 4 is 29.9 Å². The Morgan fingerprint density at radius 2 is 1.96 bits per heavy atom. The van der Waals surface area contributed by atoms with E-state index in [0.29, 0.717) is 12.0 Å². The van der Waals surface area contributed by atoms with Crippen molar-refractivity contribution in [3.63, 3.8) is 0 Å². The van der Waals surface area contributed by atoms with Gasteiger partial charge in [-0.2, -0.15) is 0 Å². The van der Waals surface area contributed by atoms with E-state index >= 15 is 0 Å². The largest absolute Gasteiger partial charge is 0.385 e. The first-order valence-corrected chi connectivity index (χ1v) is 7.85. The van der Waals surface area contributed by atoms with Crippen LogP contribution in [0.5, 0.6) is 0 Å². The van der Waals surface area contributed by atoms with Crippen LogP contribution in [0.25, 0.3) is 0 Å². The lowest BCUT2D eigenvalue weighted by molar-refractivity contribution is 0.0732. The predicted octanol–water partition coefficient (Wildman–Crippen LogP) is 3.32. The molecule has 1 aromatic carbocycles. The molecular weight excluding hydrogens is 408 g/mol. The fraction of sp³-hybridized carbons (Fsp3) is 0.588. The van der Waals surface area contributed by atoms with Crippen LogP contribution >= 0.6 is 24.0 Å². The van der Waals surface area contributed by atoms with Crippen LogP contribution in [0.2, 0.25) is 0 Å². The molecule has 4 nitrogen and oxygen atoms in total. The first-order chi connectivity index (χ1) is 10.7. The molecule has 0 spiro atoms. The van der Waals surface area contributed by atoms with E-state index in [4.69, 9.17) is 4.74 Å². The number of benzene rings is 1. The highest BCUT2D eigenvalue weighted by molar-refractivity contribution is 14.0. The summed E-state index contributed by atoms with van der Waals surface area (Å²) in [7, 11) is 3.52. The summed E-state index contributed by atoms with van der Waals surface area (Å²) in [5, 5.41) is 6.68. The molecule has 0 aliphatic heterocycles. The zero-order chi connectivity index (χ0) is 15.8. The summed E-state index contributed by atoms with van der Waals surface area (Å²) < 4.78 is 18.1. The first-order valence-electron chi connectivity index (χ1n) is 7.85. The van der Waals surface area contributed by atoms with Crippen molar-refractivity contribution in [2.75, 3.05) is 27.3 Å². The van der Waals surface area contributed by atoms with E-state index < -0.39 is 0 Å². The van der Waals surface area contributed by atoms with Crippen LogP contribution in [-0.4, -0.2) is 33.3 Å². The molecule has 2 N–H and O–H groups in total. The summed E-state index contributed by atoms with van der Waals surface area (Å²) in [6, 6.07) is 6.51. The van der Waals surface area contributed by atoms with Crippen LogP contribution in [0.3, 0.4) is 0 Å². The van der Waals surface area contributed by atoms with Gasteiger partial charge in [0.05, 0.1) is 0 Å². The maximum Gasteiger partial charge on any atom is 0.191 e. The van der Waals surface area contributed by atoms with E-state index in [0.717, 1.165) is 31.1 Å². The van der Waals surface area contributed by atoms with E-state index in [1.807, 2.05) is 0 Å². The van der Waals surface area contributed by atoms with Gasteiger partial charge in [0.25, 0.3) is 0 Å². The summed E-state index contributed by atoms with van der Waals surface area (Å²) in [5.41, 5.74) is 1.38. The highest BCUT2D eigenvalue weighted by Crippen LogP contribution is 2.43. The molecule has 0 aromatic heterocycles. The van der Waals surface area contributed by atoms with E-state index in [1.54, 1.807) is 26.3 Å². The summed E-state index contributed by atoms with van der Waals surface area (Å²) in [6.45, 7) is 2.35. The standard InChI is InChI=1S/C17H26FN3O.HI/c1-19-16(20-12-14-4-6-15(18)7-5-14)21-13-17(8-3-9-17)10-11-22-2;/h4-7H,3,8-13H2,1-2H3,(H2,19,20,21);1H. The van der Waals surface area contributed by atoms with Gasteiger partial charge in [-0.1, -0.05) is 18.6 Å². The Hall–Kier alpha value is -0.890. The second-order valence-corrected chi connectivity index (χ2v) is 6.00. The lowest BCUT2D eigenvalue weighted by Crippen LogP contribution is -2.46. The Bertz CT molecular complexity index is 489. The fourth-order valence-corrected chi connectivity index (χ4v) is 2.79. The molecule has 1 saturated carbocycles. The van der Waals surface area contributed by atoms with E-state index in [-0.39, 0.29) is 29.8 Å². The predicted molar refractivity (Wildman–Crippen MR) is 103 cm³/mol. The van der Waals surface area contributed by atoms with E-state index in [1.165, 1.54) is 31.4 Å². The Labute approximate surface area is 155 Å². The number of aliphatic imine (C=N–C) groups is 1. The van der Waals surface area contributed by atoms with Gasteiger partial charge in [-0.15, -0.1) is 24.0 Å². The summed E-state index contributed by atoms with van der Waals surface area (Å²) in [5.74, 6) is 0.573. The monoisotopic (exact) mass is 435 g/mol. The Morgan fingerprint density at radius 3 is 2.48 bits per heavy atom. The van der Waals surface area contributed by atoms with Crippen molar-refractivity contribution in [1.29, 1.82) is 0 Å². The van der Waals surface area contributed by atoms with Gasteiger partial charge >= 0.3 is 0 Å². The molecule has 0 heterocycles. The fourth-order valence-electron chi connectivity index (χ4n) is 2.79. The number of hydrogen-bond donors (Lipinski definition) is 2. The smallest absolute Gasteiger partial charge is 0.191 e. The molecule has 0 atom stereocenters. The molecule has 2 rings (SSSR count). The number of ether oxygens (including phenoxy) is 1. The third-order valence-electron chi connectivity index (χ3n) is 4.48. The minimum absolute atomic E-state index is 0. The van der Waals surface area contributed by atoms with Crippen LogP contribution in [-0.2, 0) is 11.3 Å². The highest BCUT2D eigenvalue weighted by Gasteiger charge is 2.36. The van der Waals surface area contributed by atoms with E-state index in [2.05, 4.69) is 15.6 Å². The van der Waals surface area contributed by atoms with Crippen molar-refractivity contribution in [2.45, 2.75) is 32.2 Å². The normalized spacial score (nSPS) is 16.2. The van der Waals surface area contributed by atoms with Gasteiger partial charge in [0.1, 0.15) is 5.82 Å². The van der Waals surface area contributed by atoms with Gasteiger partial charge in [0, 0.05) is 33.9 Å². The number of hydrogen-bond acceptors (Lipinski definition) is 2. The van der Waals surface area contributed by atoms with Gasteiger partial charge < -0.3 is 15.4 Å². The Balaban J connectivity index is 0.00000264. The molecule has 1 aliphatic rings. The molecule has 23 heavy (non-hydrogen) atoms. The third kappa shape index (κ3) is 6.25. The van der Waals surface area contributed by atoms with Crippen LogP contribution in [0, 0.1) is 11.2 Å². The van der Waals surface area contributed by atoms with Crippen molar-refractivity contribution in [3.05, 3.63) is 35.6 Å². The molecule has 0 bridgehead atoms. The summed E-state index contributed by atoms with van der Waals surface area (Å²) >= 11 is 0. The van der Waals surface area contributed by atoms with Gasteiger partial charge in [0.15, 0.2) is 5.96 Å². The number of rotatable bonds is 7. The molecule has 0 radical (unpaired) electrons. The third-order valence-corrected chi connectivity index (χ3v) is 4.48. The number of methoxy groups -OCH3 is 1. The number of halogens is 2. The number of guanidine groups is 1. The molecule has 6 heteroatoms. The maximum atomic E-state index is 12.9. The summed E-state index contributed by atoms with van der Waals surface area (Å²) in [6.07, 6.45) is 4.88.